The third-order valence-corrected chi connectivity index (χ3v) is 3.82. The Kier molecular flexibility index (Phi) is 6.37. The standard InChI is InChI=1S/C14H29NO/c1-4-12-15-13(5-2)14(16-6-3)10-8-7-9-11-14/h13,15H,4-12H2,1-3H3. The van der Waals surface area contributed by atoms with Crippen LogP contribution in [-0.2, 0) is 4.74 Å². The summed E-state index contributed by atoms with van der Waals surface area (Å²) >= 11 is 0. The van der Waals surface area contributed by atoms with E-state index >= 15 is 0 Å². The lowest BCUT2D eigenvalue weighted by Gasteiger charge is -2.43. The maximum Gasteiger partial charge on any atom is 0.0834 e. The molecule has 0 radical (unpaired) electrons. The normalized spacial score (nSPS) is 21.9. The summed E-state index contributed by atoms with van der Waals surface area (Å²) in [7, 11) is 0. The van der Waals surface area contributed by atoms with Crippen molar-refractivity contribution in [2.75, 3.05) is 13.2 Å². The minimum absolute atomic E-state index is 0.136. The summed E-state index contributed by atoms with van der Waals surface area (Å²) in [5.74, 6) is 0. The van der Waals surface area contributed by atoms with Gasteiger partial charge in [0, 0.05) is 12.6 Å². The molecule has 0 aromatic rings. The van der Waals surface area contributed by atoms with Crippen LogP contribution in [0.1, 0.15) is 65.7 Å². The Hall–Kier alpha value is -0.0800. The zero-order chi connectivity index (χ0) is 11.9. The molecule has 0 aromatic carbocycles. The van der Waals surface area contributed by atoms with Crippen LogP contribution in [0.2, 0.25) is 0 Å². The van der Waals surface area contributed by atoms with Crippen LogP contribution in [0.5, 0.6) is 0 Å². The van der Waals surface area contributed by atoms with Crippen molar-refractivity contribution in [3.8, 4) is 0 Å². The van der Waals surface area contributed by atoms with Crippen LogP contribution in [0.3, 0.4) is 0 Å². The molecule has 16 heavy (non-hydrogen) atoms. The van der Waals surface area contributed by atoms with Crippen molar-refractivity contribution in [2.24, 2.45) is 0 Å². The summed E-state index contributed by atoms with van der Waals surface area (Å²) in [6, 6.07) is 0.549. The van der Waals surface area contributed by atoms with Gasteiger partial charge in [-0.05, 0) is 39.2 Å². The second kappa shape index (κ2) is 7.29. The number of rotatable bonds is 7. The molecule has 1 rings (SSSR count). The summed E-state index contributed by atoms with van der Waals surface area (Å²) < 4.78 is 6.16. The molecule has 1 saturated carbocycles. The fourth-order valence-corrected chi connectivity index (χ4v) is 3.05. The number of hydrogen-bond acceptors (Lipinski definition) is 2. The van der Waals surface area contributed by atoms with Crippen LogP contribution >= 0.6 is 0 Å². The van der Waals surface area contributed by atoms with Gasteiger partial charge in [-0.25, -0.2) is 0 Å². The summed E-state index contributed by atoms with van der Waals surface area (Å²) in [6.07, 6.45) is 8.94. The highest BCUT2D eigenvalue weighted by atomic mass is 16.5. The SMILES string of the molecule is CCCNC(CC)C1(OCC)CCCCC1. The van der Waals surface area contributed by atoms with E-state index in [1.54, 1.807) is 0 Å². The maximum absolute atomic E-state index is 6.16. The summed E-state index contributed by atoms with van der Waals surface area (Å²) in [5, 5.41) is 3.69. The highest BCUT2D eigenvalue weighted by Crippen LogP contribution is 2.35. The average Bonchev–Trinajstić information content (AvgIpc) is 2.31. The molecule has 1 N–H and O–H groups in total. The van der Waals surface area contributed by atoms with E-state index in [1.807, 2.05) is 0 Å². The maximum atomic E-state index is 6.16. The first-order valence-corrected chi connectivity index (χ1v) is 7.16. The molecule has 2 nitrogen and oxygen atoms in total. The largest absolute Gasteiger partial charge is 0.374 e. The van der Waals surface area contributed by atoms with E-state index in [1.165, 1.54) is 44.9 Å². The Labute approximate surface area is 101 Å². The minimum Gasteiger partial charge on any atom is -0.374 e. The van der Waals surface area contributed by atoms with Crippen molar-refractivity contribution in [1.82, 2.24) is 5.32 Å². The molecule has 1 atom stereocenters. The van der Waals surface area contributed by atoms with Crippen LogP contribution in [0.4, 0.5) is 0 Å². The number of nitrogens with one attached hydrogen (secondary N) is 1. The Morgan fingerprint density at radius 1 is 1.12 bits per heavy atom. The lowest BCUT2D eigenvalue weighted by Crippen LogP contribution is -2.53. The molecule has 1 aliphatic carbocycles. The summed E-state index contributed by atoms with van der Waals surface area (Å²) in [4.78, 5) is 0. The first-order chi connectivity index (χ1) is 7.79. The highest BCUT2D eigenvalue weighted by Gasteiger charge is 2.39. The zero-order valence-corrected chi connectivity index (χ0v) is 11.3. The van der Waals surface area contributed by atoms with Gasteiger partial charge in [-0.2, -0.15) is 0 Å². The molecule has 0 heterocycles. The summed E-state index contributed by atoms with van der Waals surface area (Å²) in [5.41, 5.74) is 0.136. The van der Waals surface area contributed by atoms with Crippen molar-refractivity contribution in [1.29, 1.82) is 0 Å². The van der Waals surface area contributed by atoms with Gasteiger partial charge < -0.3 is 10.1 Å². The Morgan fingerprint density at radius 3 is 2.31 bits per heavy atom. The lowest BCUT2D eigenvalue weighted by molar-refractivity contribution is -0.0905. The molecule has 0 aromatic heterocycles. The smallest absolute Gasteiger partial charge is 0.0834 e. The predicted octanol–water partition coefficient (Wildman–Crippen LogP) is 3.50. The molecular formula is C14H29NO. The third-order valence-electron chi connectivity index (χ3n) is 3.82. The van der Waals surface area contributed by atoms with Crippen molar-refractivity contribution in [3.05, 3.63) is 0 Å². The van der Waals surface area contributed by atoms with Crippen molar-refractivity contribution in [2.45, 2.75) is 77.4 Å². The second-order valence-corrected chi connectivity index (χ2v) is 4.97. The molecule has 96 valence electrons. The first kappa shape index (κ1) is 14.0. The monoisotopic (exact) mass is 227 g/mol. The van der Waals surface area contributed by atoms with Crippen molar-refractivity contribution >= 4 is 0 Å². The Bertz CT molecular complexity index is 170. The second-order valence-electron chi connectivity index (χ2n) is 4.97. The molecule has 1 fully saturated rings. The van der Waals surface area contributed by atoms with Crippen LogP contribution in [-0.4, -0.2) is 24.8 Å². The average molecular weight is 227 g/mol. The Morgan fingerprint density at radius 2 is 1.81 bits per heavy atom. The molecule has 1 aliphatic rings. The Balaban J connectivity index is 2.63. The van der Waals surface area contributed by atoms with Crippen LogP contribution < -0.4 is 5.32 Å². The van der Waals surface area contributed by atoms with Gasteiger partial charge in [0.2, 0.25) is 0 Å². The highest BCUT2D eigenvalue weighted by molar-refractivity contribution is 4.94. The number of ether oxygens (including phenoxy) is 1. The lowest BCUT2D eigenvalue weighted by atomic mass is 9.78. The van der Waals surface area contributed by atoms with Crippen molar-refractivity contribution < 1.29 is 4.74 Å². The first-order valence-electron chi connectivity index (χ1n) is 7.16. The van der Waals surface area contributed by atoms with Gasteiger partial charge in [-0.1, -0.05) is 33.1 Å². The van der Waals surface area contributed by atoms with Gasteiger partial charge in [0.1, 0.15) is 0 Å². The molecule has 0 aliphatic heterocycles. The molecular weight excluding hydrogens is 198 g/mol. The van der Waals surface area contributed by atoms with E-state index in [2.05, 4.69) is 26.1 Å². The van der Waals surface area contributed by atoms with E-state index in [4.69, 9.17) is 4.74 Å². The molecule has 0 amide bonds. The fraction of sp³-hybridized carbons (Fsp3) is 1.00. The molecule has 0 saturated heterocycles. The zero-order valence-electron chi connectivity index (χ0n) is 11.3. The van der Waals surface area contributed by atoms with Gasteiger partial charge in [-0.15, -0.1) is 0 Å². The number of hydrogen-bond donors (Lipinski definition) is 1. The fourth-order valence-electron chi connectivity index (χ4n) is 3.05. The molecule has 0 spiro atoms. The van der Waals surface area contributed by atoms with E-state index in [0.717, 1.165) is 13.2 Å². The minimum atomic E-state index is 0.136. The van der Waals surface area contributed by atoms with Gasteiger partial charge in [-0.3, -0.25) is 0 Å². The van der Waals surface area contributed by atoms with E-state index < -0.39 is 0 Å². The van der Waals surface area contributed by atoms with Gasteiger partial charge in [0.05, 0.1) is 5.60 Å². The van der Waals surface area contributed by atoms with Crippen LogP contribution in [0.15, 0.2) is 0 Å². The van der Waals surface area contributed by atoms with E-state index in [-0.39, 0.29) is 5.60 Å². The van der Waals surface area contributed by atoms with Crippen LogP contribution in [0.25, 0.3) is 0 Å². The third kappa shape index (κ3) is 3.46. The van der Waals surface area contributed by atoms with Gasteiger partial charge >= 0.3 is 0 Å². The quantitative estimate of drug-likeness (QED) is 0.718. The molecule has 2 heteroatoms. The molecule has 0 bridgehead atoms. The van der Waals surface area contributed by atoms with E-state index in [0.29, 0.717) is 6.04 Å². The topological polar surface area (TPSA) is 21.3 Å². The van der Waals surface area contributed by atoms with Crippen LogP contribution in [0, 0.1) is 0 Å². The predicted molar refractivity (Wildman–Crippen MR) is 69.8 cm³/mol. The molecule has 1 unspecified atom stereocenters. The van der Waals surface area contributed by atoms with E-state index in [9.17, 15) is 0 Å². The summed E-state index contributed by atoms with van der Waals surface area (Å²) in [6.45, 7) is 8.61. The van der Waals surface area contributed by atoms with Crippen molar-refractivity contribution in [3.63, 3.8) is 0 Å². The van der Waals surface area contributed by atoms with Gasteiger partial charge in [0.15, 0.2) is 0 Å². The van der Waals surface area contributed by atoms with Gasteiger partial charge in [0.25, 0.3) is 0 Å².